The SMILES string of the molecule is CCOCCOCCOCCOCCC(=O)CC(C)(C)C. The first-order valence-electron chi connectivity index (χ1n) is 7.78. The van der Waals surface area contributed by atoms with Crippen LogP contribution in [0.25, 0.3) is 0 Å². The monoisotopic (exact) mass is 304 g/mol. The Kier molecular flexibility index (Phi) is 12.9. The summed E-state index contributed by atoms with van der Waals surface area (Å²) in [6.07, 6.45) is 1.09. The van der Waals surface area contributed by atoms with E-state index in [1.54, 1.807) is 0 Å². The number of carbonyl (C=O) groups excluding carboxylic acids is 1. The van der Waals surface area contributed by atoms with Crippen LogP contribution >= 0.6 is 0 Å². The van der Waals surface area contributed by atoms with Crippen LogP contribution in [0, 0.1) is 5.41 Å². The van der Waals surface area contributed by atoms with Gasteiger partial charge >= 0.3 is 0 Å². The summed E-state index contributed by atoms with van der Waals surface area (Å²) in [5.74, 6) is 0.256. The number of ether oxygens (including phenoxy) is 4. The van der Waals surface area contributed by atoms with E-state index in [1.165, 1.54) is 0 Å². The van der Waals surface area contributed by atoms with Gasteiger partial charge < -0.3 is 18.9 Å². The molecule has 0 aromatic carbocycles. The molecule has 126 valence electrons. The van der Waals surface area contributed by atoms with Crippen molar-refractivity contribution in [2.24, 2.45) is 5.41 Å². The highest BCUT2D eigenvalue weighted by atomic mass is 16.6. The predicted octanol–water partition coefficient (Wildman–Crippen LogP) is 2.47. The number of Topliss-reactive ketones (excluding diaryl/α,β-unsaturated/α-hetero) is 1. The lowest BCUT2D eigenvalue weighted by Crippen LogP contribution is -2.15. The van der Waals surface area contributed by atoms with Gasteiger partial charge in [-0.1, -0.05) is 20.8 Å². The summed E-state index contributed by atoms with van der Waals surface area (Å²) in [6.45, 7) is 12.7. The van der Waals surface area contributed by atoms with Crippen molar-refractivity contribution in [1.82, 2.24) is 0 Å². The van der Waals surface area contributed by atoms with Gasteiger partial charge in [0.25, 0.3) is 0 Å². The van der Waals surface area contributed by atoms with Gasteiger partial charge in [-0.15, -0.1) is 0 Å². The van der Waals surface area contributed by atoms with Crippen molar-refractivity contribution in [3.05, 3.63) is 0 Å². The van der Waals surface area contributed by atoms with Crippen molar-refractivity contribution in [2.75, 3.05) is 52.9 Å². The van der Waals surface area contributed by atoms with Crippen molar-refractivity contribution >= 4 is 5.78 Å². The maximum atomic E-state index is 11.6. The zero-order chi connectivity index (χ0) is 16.0. The summed E-state index contributed by atoms with van der Waals surface area (Å²) >= 11 is 0. The summed E-state index contributed by atoms with van der Waals surface area (Å²) in [5.41, 5.74) is 0.0579. The molecule has 0 heterocycles. The topological polar surface area (TPSA) is 54.0 Å². The summed E-state index contributed by atoms with van der Waals surface area (Å²) in [4.78, 5) is 11.6. The van der Waals surface area contributed by atoms with E-state index >= 15 is 0 Å². The zero-order valence-electron chi connectivity index (χ0n) is 14.1. The molecule has 0 aliphatic rings. The number of carbonyl (C=O) groups is 1. The van der Waals surface area contributed by atoms with Crippen molar-refractivity contribution in [2.45, 2.75) is 40.5 Å². The van der Waals surface area contributed by atoms with Gasteiger partial charge in [0.15, 0.2) is 0 Å². The molecule has 0 rings (SSSR count). The molecule has 0 aromatic heterocycles. The predicted molar refractivity (Wildman–Crippen MR) is 82.6 cm³/mol. The van der Waals surface area contributed by atoms with E-state index in [9.17, 15) is 4.79 Å². The highest BCUT2D eigenvalue weighted by Crippen LogP contribution is 2.19. The molecule has 0 spiro atoms. The van der Waals surface area contributed by atoms with E-state index in [2.05, 4.69) is 20.8 Å². The molecule has 0 bridgehead atoms. The molecule has 5 heteroatoms. The Morgan fingerprint density at radius 3 is 1.62 bits per heavy atom. The van der Waals surface area contributed by atoms with E-state index in [-0.39, 0.29) is 11.2 Å². The molecule has 0 unspecified atom stereocenters. The number of rotatable bonds is 14. The molecule has 0 fully saturated rings. The smallest absolute Gasteiger partial charge is 0.135 e. The van der Waals surface area contributed by atoms with E-state index in [0.29, 0.717) is 59.1 Å². The fourth-order valence-electron chi connectivity index (χ4n) is 1.67. The van der Waals surface area contributed by atoms with Gasteiger partial charge in [-0.3, -0.25) is 4.79 Å². The molecule has 0 saturated heterocycles. The van der Waals surface area contributed by atoms with Crippen LogP contribution in [0.2, 0.25) is 0 Å². The Bertz CT molecular complexity index is 248. The van der Waals surface area contributed by atoms with Crippen molar-refractivity contribution < 1.29 is 23.7 Å². The minimum absolute atomic E-state index is 0.0579. The Morgan fingerprint density at radius 1 is 0.762 bits per heavy atom. The first-order valence-corrected chi connectivity index (χ1v) is 7.78. The third kappa shape index (κ3) is 17.5. The third-order valence-electron chi connectivity index (χ3n) is 2.57. The summed E-state index contributed by atoms with van der Waals surface area (Å²) in [5, 5.41) is 0. The standard InChI is InChI=1S/C16H32O5/c1-5-18-8-9-20-12-13-21-11-10-19-7-6-15(17)14-16(2,3)4/h5-14H2,1-4H3. The Hall–Kier alpha value is -0.490. The lowest BCUT2D eigenvalue weighted by atomic mass is 9.89. The van der Waals surface area contributed by atoms with E-state index in [1.807, 2.05) is 6.92 Å². The van der Waals surface area contributed by atoms with Gasteiger partial charge in [0, 0.05) is 19.4 Å². The van der Waals surface area contributed by atoms with Crippen LogP contribution in [0.1, 0.15) is 40.5 Å². The van der Waals surface area contributed by atoms with E-state index in [0.717, 1.165) is 6.61 Å². The minimum atomic E-state index is 0.0579. The maximum Gasteiger partial charge on any atom is 0.135 e. The van der Waals surface area contributed by atoms with Gasteiger partial charge in [0.1, 0.15) is 5.78 Å². The fraction of sp³-hybridized carbons (Fsp3) is 0.938. The molecule has 0 aliphatic carbocycles. The third-order valence-corrected chi connectivity index (χ3v) is 2.57. The van der Waals surface area contributed by atoms with Crippen LogP contribution in [0.15, 0.2) is 0 Å². The van der Waals surface area contributed by atoms with Crippen molar-refractivity contribution in [3.63, 3.8) is 0 Å². The number of ketones is 1. The Labute approximate surface area is 129 Å². The highest BCUT2D eigenvalue weighted by molar-refractivity contribution is 5.79. The second-order valence-corrected chi connectivity index (χ2v) is 6.06. The number of hydrogen-bond donors (Lipinski definition) is 0. The van der Waals surface area contributed by atoms with Gasteiger partial charge in [-0.05, 0) is 12.3 Å². The molecule has 0 amide bonds. The van der Waals surface area contributed by atoms with Crippen LogP contribution < -0.4 is 0 Å². The highest BCUT2D eigenvalue weighted by Gasteiger charge is 2.15. The summed E-state index contributed by atoms with van der Waals surface area (Å²) in [6, 6.07) is 0. The summed E-state index contributed by atoms with van der Waals surface area (Å²) in [7, 11) is 0. The first kappa shape index (κ1) is 20.5. The van der Waals surface area contributed by atoms with Crippen LogP contribution in [-0.2, 0) is 23.7 Å². The lowest BCUT2D eigenvalue weighted by molar-refractivity contribution is -0.122. The van der Waals surface area contributed by atoms with E-state index in [4.69, 9.17) is 18.9 Å². The van der Waals surface area contributed by atoms with Gasteiger partial charge in [0.2, 0.25) is 0 Å². The molecule has 0 saturated carbocycles. The molecule has 5 nitrogen and oxygen atoms in total. The average molecular weight is 304 g/mol. The molecule has 0 N–H and O–H groups in total. The molecule has 0 aliphatic heterocycles. The van der Waals surface area contributed by atoms with Crippen LogP contribution in [-0.4, -0.2) is 58.6 Å². The van der Waals surface area contributed by atoms with Crippen LogP contribution in [0.4, 0.5) is 0 Å². The Balaban J connectivity index is 3.17. The van der Waals surface area contributed by atoms with Crippen LogP contribution in [0.5, 0.6) is 0 Å². The largest absolute Gasteiger partial charge is 0.379 e. The molecular weight excluding hydrogens is 272 g/mol. The second kappa shape index (κ2) is 13.2. The Morgan fingerprint density at radius 2 is 1.19 bits per heavy atom. The van der Waals surface area contributed by atoms with Crippen LogP contribution in [0.3, 0.4) is 0 Å². The molecule has 0 aromatic rings. The average Bonchev–Trinajstić information content (AvgIpc) is 2.38. The number of hydrogen-bond acceptors (Lipinski definition) is 5. The van der Waals surface area contributed by atoms with Gasteiger partial charge in [-0.25, -0.2) is 0 Å². The molecule has 0 atom stereocenters. The normalized spacial score (nSPS) is 11.8. The maximum absolute atomic E-state index is 11.6. The zero-order valence-corrected chi connectivity index (χ0v) is 14.1. The van der Waals surface area contributed by atoms with Crippen molar-refractivity contribution in [1.29, 1.82) is 0 Å². The molecular formula is C16H32O5. The second-order valence-electron chi connectivity index (χ2n) is 6.06. The van der Waals surface area contributed by atoms with Crippen molar-refractivity contribution in [3.8, 4) is 0 Å². The quantitative estimate of drug-likeness (QED) is 0.461. The first-order chi connectivity index (χ1) is 9.95. The molecule has 21 heavy (non-hydrogen) atoms. The molecule has 0 radical (unpaired) electrons. The lowest BCUT2D eigenvalue weighted by Gasteiger charge is -2.16. The summed E-state index contributed by atoms with van der Waals surface area (Å²) < 4.78 is 21.2. The fourth-order valence-corrected chi connectivity index (χ4v) is 1.67. The van der Waals surface area contributed by atoms with Gasteiger partial charge in [-0.2, -0.15) is 0 Å². The minimum Gasteiger partial charge on any atom is -0.379 e. The van der Waals surface area contributed by atoms with Gasteiger partial charge in [0.05, 0.1) is 46.2 Å². The van der Waals surface area contributed by atoms with E-state index < -0.39 is 0 Å².